The first-order valence-electron chi connectivity index (χ1n) is 5.53. The van der Waals surface area contributed by atoms with Crippen molar-refractivity contribution in [2.24, 2.45) is 0 Å². The van der Waals surface area contributed by atoms with E-state index in [1.54, 1.807) is 6.07 Å². The summed E-state index contributed by atoms with van der Waals surface area (Å²) in [5, 5.41) is 9.08. The standard InChI is InChI=1S/C12H13ClN2O2S/c1-3-18-12-15-14-11(17-12)7-16-10-5-4-9(13)6-8(10)2/h4-6H,3,7H2,1-2H3. The first-order chi connectivity index (χ1) is 8.69. The molecule has 6 heteroatoms. The molecule has 0 aliphatic carbocycles. The highest BCUT2D eigenvalue weighted by Gasteiger charge is 2.07. The summed E-state index contributed by atoms with van der Waals surface area (Å²) in [4.78, 5) is 0. The molecule has 0 aliphatic heterocycles. The minimum Gasteiger partial charge on any atom is -0.484 e. The maximum Gasteiger partial charge on any atom is 0.276 e. The minimum atomic E-state index is 0.264. The Balaban J connectivity index is 1.97. The summed E-state index contributed by atoms with van der Waals surface area (Å²) in [5.74, 6) is 2.14. The largest absolute Gasteiger partial charge is 0.484 e. The lowest BCUT2D eigenvalue weighted by molar-refractivity contribution is 0.251. The van der Waals surface area contributed by atoms with Crippen LogP contribution in [0.3, 0.4) is 0 Å². The van der Waals surface area contributed by atoms with Gasteiger partial charge in [0, 0.05) is 5.02 Å². The van der Waals surface area contributed by atoms with Crippen molar-refractivity contribution in [1.82, 2.24) is 10.2 Å². The normalized spacial score (nSPS) is 10.6. The van der Waals surface area contributed by atoms with Gasteiger partial charge in [0.05, 0.1) is 0 Å². The Morgan fingerprint density at radius 2 is 2.22 bits per heavy atom. The molecule has 1 aromatic heterocycles. The van der Waals surface area contributed by atoms with Crippen LogP contribution in [0.2, 0.25) is 5.02 Å². The molecule has 4 nitrogen and oxygen atoms in total. The van der Waals surface area contributed by atoms with E-state index in [4.69, 9.17) is 20.8 Å². The summed E-state index contributed by atoms with van der Waals surface area (Å²) in [6.45, 7) is 4.23. The van der Waals surface area contributed by atoms with Crippen molar-refractivity contribution >= 4 is 23.4 Å². The van der Waals surface area contributed by atoms with Gasteiger partial charge < -0.3 is 9.15 Å². The molecule has 0 aliphatic rings. The molecule has 0 N–H and O–H groups in total. The Kier molecular flexibility index (Phi) is 4.49. The van der Waals surface area contributed by atoms with E-state index in [1.807, 2.05) is 26.0 Å². The van der Waals surface area contributed by atoms with Crippen LogP contribution in [-0.4, -0.2) is 16.0 Å². The van der Waals surface area contributed by atoms with Gasteiger partial charge in [-0.15, -0.1) is 10.2 Å². The molecule has 0 saturated carbocycles. The predicted molar refractivity (Wildman–Crippen MR) is 71.2 cm³/mol. The summed E-state index contributed by atoms with van der Waals surface area (Å²) in [6, 6.07) is 5.47. The van der Waals surface area contributed by atoms with E-state index in [-0.39, 0.29) is 6.61 Å². The van der Waals surface area contributed by atoms with Crippen LogP contribution in [0, 0.1) is 6.92 Å². The van der Waals surface area contributed by atoms with E-state index < -0.39 is 0 Å². The molecule has 0 atom stereocenters. The maximum atomic E-state index is 5.87. The number of ether oxygens (including phenoxy) is 1. The first kappa shape index (κ1) is 13.2. The number of halogens is 1. The highest BCUT2D eigenvalue weighted by atomic mass is 35.5. The molecule has 0 unspecified atom stereocenters. The lowest BCUT2D eigenvalue weighted by atomic mass is 10.2. The SMILES string of the molecule is CCSc1nnc(COc2ccc(Cl)cc2C)o1. The van der Waals surface area contributed by atoms with Crippen LogP contribution in [0.5, 0.6) is 5.75 Å². The Hall–Kier alpha value is -1.20. The number of nitrogens with zero attached hydrogens (tertiary/aromatic N) is 2. The number of aromatic nitrogens is 2. The molecular weight excluding hydrogens is 272 g/mol. The van der Waals surface area contributed by atoms with Crippen LogP contribution in [0.25, 0.3) is 0 Å². The van der Waals surface area contributed by atoms with Crippen LogP contribution in [0.15, 0.2) is 27.8 Å². The summed E-state index contributed by atoms with van der Waals surface area (Å²) in [5.41, 5.74) is 0.977. The fraction of sp³-hybridized carbons (Fsp3) is 0.333. The van der Waals surface area contributed by atoms with E-state index in [0.29, 0.717) is 16.1 Å². The van der Waals surface area contributed by atoms with E-state index >= 15 is 0 Å². The predicted octanol–water partition coefficient (Wildman–Crippen LogP) is 3.72. The van der Waals surface area contributed by atoms with Gasteiger partial charge in [0.1, 0.15) is 5.75 Å². The molecule has 0 fully saturated rings. The van der Waals surface area contributed by atoms with Crippen molar-refractivity contribution in [1.29, 1.82) is 0 Å². The van der Waals surface area contributed by atoms with Gasteiger partial charge in [-0.2, -0.15) is 0 Å². The maximum absolute atomic E-state index is 5.87. The molecule has 2 aromatic rings. The molecule has 1 heterocycles. The zero-order chi connectivity index (χ0) is 13.0. The van der Waals surface area contributed by atoms with Crippen LogP contribution in [-0.2, 0) is 6.61 Å². The Bertz CT molecular complexity index is 531. The van der Waals surface area contributed by atoms with Gasteiger partial charge in [-0.3, -0.25) is 0 Å². The molecule has 96 valence electrons. The quantitative estimate of drug-likeness (QED) is 0.783. The molecule has 0 radical (unpaired) electrons. The third-order valence-corrected chi connectivity index (χ3v) is 3.14. The van der Waals surface area contributed by atoms with Crippen molar-refractivity contribution in [2.75, 3.05) is 5.75 Å². The zero-order valence-electron chi connectivity index (χ0n) is 10.1. The van der Waals surface area contributed by atoms with Gasteiger partial charge in [-0.05, 0) is 36.4 Å². The lowest BCUT2D eigenvalue weighted by Crippen LogP contribution is -1.97. The summed E-state index contributed by atoms with van der Waals surface area (Å²) in [6.07, 6.45) is 0. The van der Waals surface area contributed by atoms with Gasteiger partial charge in [-0.25, -0.2) is 0 Å². The molecule has 0 spiro atoms. The van der Waals surface area contributed by atoms with E-state index in [9.17, 15) is 0 Å². The third kappa shape index (κ3) is 3.40. The van der Waals surface area contributed by atoms with E-state index in [2.05, 4.69) is 10.2 Å². The van der Waals surface area contributed by atoms with Gasteiger partial charge in [-0.1, -0.05) is 30.3 Å². The highest BCUT2D eigenvalue weighted by molar-refractivity contribution is 7.99. The van der Waals surface area contributed by atoms with Crippen LogP contribution in [0.4, 0.5) is 0 Å². The molecule has 0 saturated heterocycles. The van der Waals surface area contributed by atoms with Crippen molar-refractivity contribution in [3.05, 3.63) is 34.7 Å². The number of thioether (sulfide) groups is 1. The van der Waals surface area contributed by atoms with Crippen molar-refractivity contribution in [3.8, 4) is 5.75 Å². The Morgan fingerprint density at radius 1 is 1.39 bits per heavy atom. The average Bonchev–Trinajstić information content (AvgIpc) is 2.76. The molecule has 0 bridgehead atoms. The number of rotatable bonds is 5. The minimum absolute atomic E-state index is 0.264. The van der Waals surface area contributed by atoms with Gasteiger partial charge in [0.15, 0.2) is 6.61 Å². The summed E-state index contributed by atoms with van der Waals surface area (Å²) >= 11 is 7.38. The smallest absolute Gasteiger partial charge is 0.276 e. The van der Waals surface area contributed by atoms with Crippen molar-refractivity contribution in [2.45, 2.75) is 25.7 Å². The van der Waals surface area contributed by atoms with E-state index in [0.717, 1.165) is 17.1 Å². The van der Waals surface area contributed by atoms with Gasteiger partial charge in [0.2, 0.25) is 0 Å². The monoisotopic (exact) mass is 284 g/mol. The van der Waals surface area contributed by atoms with Crippen LogP contribution < -0.4 is 4.74 Å². The topological polar surface area (TPSA) is 48.2 Å². The number of hydrogen-bond acceptors (Lipinski definition) is 5. The summed E-state index contributed by atoms with van der Waals surface area (Å²) in [7, 11) is 0. The molecule has 1 aromatic carbocycles. The van der Waals surface area contributed by atoms with Gasteiger partial charge >= 0.3 is 0 Å². The second-order valence-corrected chi connectivity index (χ2v) is 5.24. The highest BCUT2D eigenvalue weighted by Crippen LogP contribution is 2.23. The summed E-state index contributed by atoms with van der Waals surface area (Å²) < 4.78 is 11.0. The van der Waals surface area contributed by atoms with Crippen molar-refractivity contribution < 1.29 is 9.15 Å². The first-order valence-corrected chi connectivity index (χ1v) is 6.89. The average molecular weight is 285 g/mol. The van der Waals surface area contributed by atoms with E-state index in [1.165, 1.54) is 11.8 Å². The Morgan fingerprint density at radius 3 is 2.94 bits per heavy atom. The Labute approximate surface area is 115 Å². The van der Waals surface area contributed by atoms with Gasteiger partial charge in [0.25, 0.3) is 11.1 Å². The molecule has 18 heavy (non-hydrogen) atoms. The molecule has 0 amide bonds. The molecular formula is C12H13ClN2O2S. The number of hydrogen-bond donors (Lipinski definition) is 0. The zero-order valence-corrected chi connectivity index (χ0v) is 11.7. The fourth-order valence-electron chi connectivity index (χ4n) is 1.39. The third-order valence-electron chi connectivity index (χ3n) is 2.20. The fourth-order valence-corrected chi connectivity index (χ4v) is 2.12. The lowest BCUT2D eigenvalue weighted by Gasteiger charge is -2.06. The number of benzene rings is 1. The molecule has 2 rings (SSSR count). The van der Waals surface area contributed by atoms with Crippen LogP contribution >= 0.6 is 23.4 Å². The number of aryl methyl sites for hydroxylation is 1. The second kappa shape index (κ2) is 6.11. The second-order valence-electron chi connectivity index (χ2n) is 3.59. The van der Waals surface area contributed by atoms with Crippen molar-refractivity contribution in [3.63, 3.8) is 0 Å². The van der Waals surface area contributed by atoms with Crippen LogP contribution in [0.1, 0.15) is 18.4 Å².